The molecule has 0 radical (unpaired) electrons. The Bertz CT molecular complexity index is 864. The molecule has 10 heteroatoms. The molecule has 3 aliphatic rings. The Hall–Kier alpha value is -1.14. The standard InChI is InChI=1S/C30H55N3O7/c1-18-15-30(6,37-10)26(40-27-24(34)22(32(7)8)14-19(2)39-27)20(3)25(35)29(4,5)28(36)38-17-23(33(9)16-18)21-12-11-13-31-21/h18-24,26-27,31,34H,11-17H2,1-10H3/t18-,19-,20+,21?,22+,23+,24-,26-,27+,30-/m1/s1. The van der Waals surface area contributed by atoms with Gasteiger partial charge in [0.25, 0.3) is 0 Å². The lowest BCUT2D eigenvalue weighted by atomic mass is 9.74. The Morgan fingerprint density at radius 3 is 2.40 bits per heavy atom. The Morgan fingerprint density at radius 1 is 1.15 bits per heavy atom. The molecule has 3 saturated heterocycles. The number of nitrogens with one attached hydrogen (secondary N) is 1. The molecule has 3 aliphatic heterocycles. The van der Waals surface area contributed by atoms with E-state index in [-0.39, 0.29) is 42.5 Å². The van der Waals surface area contributed by atoms with Gasteiger partial charge >= 0.3 is 5.97 Å². The monoisotopic (exact) mass is 569 g/mol. The first-order valence-electron chi connectivity index (χ1n) is 15.0. The van der Waals surface area contributed by atoms with Crippen LogP contribution in [0.2, 0.25) is 0 Å². The van der Waals surface area contributed by atoms with Crippen LogP contribution < -0.4 is 5.32 Å². The second-order valence-corrected chi connectivity index (χ2v) is 13.5. The lowest BCUT2D eigenvalue weighted by Gasteiger charge is -2.47. The van der Waals surface area contributed by atoms with Gasteiger partial charge in [-0.25, -0.2) is 0 Å². The summed E-state index contributed by atoms with van der Waals surface area (Å²) in [7, 11) is 7.55. The van der Waals surface area contributed by atoms with Gasteiger partial charge in [-0.05, 0) is 87.0 Å². The molecule has 0 saturated carbocycles. The van der Waals surface area contributed by atoms with Crippen molar-refractivity contribution in [2.45, 2.75) is 116 Å². The van der Waals surface area contributed by atoms with Crippen molar-refractivity contribution in [3.63, 3.8) is 0 Å². The lowest BCUT2D eigenvalue weighted by Crippen LogP contribution is -2.59. The summed E-state index contributed by atoms with van der Waals surface area (Å²) in [5.74, 6) is -1.40. The molecular formula is C30H55N3O7. The molecule has 3 heterocycles. The molecule has 0 aromatic heterocycles. The third-order valence-electron chi connectivity index (χ3n) is 9.49. The number of Topliss-reactive ketones (excluding diaryl/α,β-unsaturated/α-hetero) is 1. The molecule has 0 bridgehead atoms. The van der Waals surface area contributed by atoms with Gasteiger partial charge in [-0.2, -0.15) is 0 Å². The van der Waals surface area contributed by atoms with E-state index in [0.29, 0.717) is 12.8 Å². The number of likely N-dealkylation sites (N-methyl/N-ethyl adjacent to an activating group) is 2. The third kappa shape index (κ3) is 7.25. The van der Waals surface area contributed by atoms with Gasteiger partial charge < -0.3 is 34.3 Å². The number of hydrogen-bond donors (Lipinski definition) is 2. The molecule has 3 rings (SSSR count). The zero-order valence-electron chi connectivity index (χ0n) is 26.4. The van der Waals surface area contributed by atoms with E-state index in [4.69, 9.17) is 18.9 Å². The molecule has 0 aromatic rings. The minimum Gasteiger partial charge on any atom is -0.463 e. The zero-order chi connectivity index (χ0) is 30.0. The highest BCUT2D eigenvalue weighted by atomic mass is 16.7. The van der Waals surface area contributed by atoms with Crippen LogP contribution in [0.3, 0.4) is 0 Å². The average Bonchev–Trinajstić information content (AvgIpc) is 3.41. The van der Waals surface area contributed by atoms with Gasteiger partial charge in [0.05, 0.1) is 23.9 Å². The number of aliphatic hydroxyl groups is 1. The predicted molar refractivity (Wildman–Crippen MR) is 153 cm³/mol. The summed E-state index contributed by atoms with van der Waals surface area (Å²) >= 11 is 0. The molecule has 2 N–H and O–H groups in total. The van der Waals surface area contributed by atoms with Crippen LogP contribution in [0.1, 0.15) is 67.2 Å². The highest BCUT2D eigenvalue weighted by Gasteiger charge is 2.51. The minimum atomic E-state index is -1.40. The maximum Gasteiger partial charge on any atom is 0.319 e. The zero-order valence-corrected chi connectivity index (χ0v) is 26.4. The summed E-state index contributed by atoms with van der Waals surface area (Å²) < 4.78 is 24.8. The summed E-state index contributed by atoms with van der Waals surface area (Å²) in [5, 5.41) is 14.8. The van der Waals surface area contributed by atoms with E-state index in [0.717, 1.165) is 25.9 Å². The first kappa shape index (κ1) is 33.4. The summed E-state index contributed by atoms with van der Waals surface area (Å²) in [6.45, 7) is 13.0. The van der Waals surface area contributed by atoms with Crippen molar-refractivity contribution in [3.05, 3.63) is 0 Å². The second kappa shape index (κ2) is 13.4. The molecular weight excluding hydrogens is 514 g/mol. The van der Waals surface area contributed by atoms with Crippen LogP contribution in [0, 0.1) is 17.3 Å². The van der Waals surface area contributed by atoms with Crippen LogP contribution >= 0.6 is 0 Å². The first-order valence-corrected chi connectivity index (χ1v) is 15.0. The van der Waals surface area contributed by atoms with Crippen LogP contribution in [0.15, 0.2) is 0 Å². The van der Waals surface area contributed by atoms with Crippen molar-refractivity contribution in [1.82, 2.24) is 15.1 Å². The van der Waals surface area contributed by atoms with E-state index in [2.05, 4.69) is 24.2 Å². The lowest BCUT2D eigenvalue weighted by molar-refractivity contribution is -0.295. The number of aliphatic hydroxyl groups excluding tert-OH is 1. The molecule has 10 atom stereocenters. The maximum atomic E-state index is 14.1. The largest absolute Gasteiger partial charge is 0.463 e. The topological polar surface area (TPSA) is 110 Å². The van der Waals surface area contributed by atoms with Crippen molar-refractivity contribution in [2.75, 3.05) is 47.9 Å². The number of cyclic esters (lactones) is 1. The number of carbonyl (C=O) groups excluding carboxylic acids is 2. The average molecular weight is 570 g/mol. The minimum absolute atomic E-state index is 0.00549. The molecule has 232 valence electrons. The fourth-order valence-electron chi connectivity index (χ4n) is 7.03. The molecule has 0 amide bonds. The molecule has 0 spiro atoms. The molecule has 1 unspecified atom stereocenters. The van der Waals surface area contributed by atoms with E-state index < -0.39 is 41.4 Å². The van der Waals surface area contributed by atoms with Crippen LogP contribution in [-0.2, 0) is 28.5 Å². The summed E-state index contributed by atoms with van der Waals surface area (Å²) in [6.07, 6.45) is 0.569. The van der Waals surface area contributed by atoms with Crippen molar-refractivity contribution in [2.24, 2.45) is 17.3 Å². The quantitative estimate of drug-likeness (QED) is 0.377. The van der Waals surface area contributed by atoms with Gasteiger partial charge in [-0.3, -0.25) is 14.5 Å². The summed E-state index contributed by atoms with van der Waals surface area (Å²) in [4.78, 5) is 31.7. The first-order chi connectivity index (χ1) is 18.6. The van der Waals surface area contributed by atoms with Crippen LogP contribution in [0.25, 0.3) is 0 Å². The van der Waals surface area contributed by atoms with E-state index in [1.807, 2.05) is 32.8 Å². The maximum absolute atomic E-state index is 14.1. The van der Waals surface area contributed by atoms with Crippen molar-refractivity contribution in [3.8, 4) is 0 Å². The molecule has 0 aliphatic carbocycles. The van der Waals surface area contributed by atoms with Crippen LogP contribution in [0.5, 0.6) is 0 Å². The van der Waals surface area contributed by atoms with Crippen molar-refractivity contribution < 1.29 is 33.6 Å². The number of rotatable bonds is 5. The second-order valence-electron chi connectivity index (χ2n) is 13.5. The van der Waals surface area contributed by atoms with Crippen LogP contribution in [0.4, 0.5) is 0 Å². The molecule has 3 fully saturated rings. The van der Waals surface area contributed by atoms with Crippen molar-refractivity contribution >= 4 is 11.8 Å². The fourth-order valence-corrected chi connectivity index (χ4v) is 7.03. The van der Waals surface area contributed by atoms with E-state index in [1.54, 1.807) is 27.9 Å². The smallest absolute Gasteiger partial charge is 0.319 e. The van der Waals surface area contributed by atoms with E-state index in [1.165, 1.54) is 0 Å². The molecule has 40 heavy (non-hydrogen) atoms. The Balaban J connectivity index is 1.99. The predicted octanol–water partition coefficient (Wildman–Crippen LogP) is 2.07. The summed E-state index contributed by atoms with van der Waals surface area (Å²) in [5.41, 5.74) is -2.30. The van der Waals surface area contributed by atoms with E-state index in [9.17, 15) is 14.7 Å². The van der Waals surface area contributed by atoms with Gasteiger partial charge in [-0.15, -0.1) is 0 Å². The van der Waals surface area contributed by atoms with Gasteiger partial charge in [0, 0.05) is 31.7 Å². The number of methoxy groups -OCH3 is 1. The normalized spacial score (nSPS) is 42.6. The van der Waals surface area contributed by atoms with Gasteiger partial charge in [0.1, 0.15) is 18.1 Å². The number of carbonyl (C=O) groups is 2. The Labute approximate surface area is 241 Å². The number of hydrogen-bond acceptors (Lipinski definition) is 10. The Morgan fingerprint density at radius 2 is 1.82 bits per heavy atom. The third-order valence-corrected chi connectivity index (χ3v) is 9.49. The fraction of sp³-hybridized carbons (Fsp3) is 0.933. The number of ketones is 1. The highest BCUT2D eigenvalue weighted by molar-refractivity contribution is 6.04. The summed E-state index contributed by atoms with van der Waals surface area (Å²) in [6, 6.07) is 0.0480. The number of ether oxygens (including phenoxy) is 4. The van der Waals surface area contributed by atoms with Gasteiger partial charge in [0.15, 0.2) is 12.1 Å². The van der Waals surface area contributed by atoms with E-state index >= 15 is 0 Å². The molecule has 10 nitrogen and oxygen atoms in total. The Kier molecular flexibility index (Phi) is 11.2. The van der Waals surface area contributed by atoms with Crippen molar-refractivity contribution in [1.29, 1.82) is 0 Å². The van der Waals surface area contributed by atoms with Crippen LogP contribution in [-0.4, -0.2) is 123 Å². The SMILES string of the molecule is CO[C@]1(C)C[C@@H](C)CN(C)[C@H](C2CCCN2)COC(=O)C(C)(C)C(=O)[C@H](C)[C@H]1O[C@@H]1O[C@H](C)C[C@H](N(C)C)[C@H]1O. The number of nitrogens with zero attached hydrogens (tertiary/aromatic N) is 2. The van der Waals surface area contributed by atoms with Gasteiger partial charge in [0.2, 0.25) is 0 Å². The number of esters is 1. The van der Waals surface area contributed by atoms with Gasteiger partial charge in [-0.1, -0.05) is 13.8 Å². The molecule has 0 aromatic carbocycles. The highest BCUT2D eigenvalue weighted by Crippen LogP contribution is 2.38.